The van der Waals surface area contributed by atoms with Gasteiger partial charge in [0.2, 0.25) is 0 Å². The molecule has 91 valence electrons. The molecule has 0 saturated carbocycles. The second-order valence-electron chi connectivity index (χ2n) is 4.14. The number of nitrogens with zero attached hydrogens (tertiary/aromatic N) is 1. The van der Waals surface area contributed by atoms with Crippen LogP contribution in [0.2, 0.25) is 0 Å². The van der Waals surface area contributed by atoms with Crippen molar-refractivity contribution in [3.63, 3.8) is 0 Å². The number of pyridine rings is 1. The Balaban J connectivity index is 1.99. The molecule has 1 heterocycles. The highest BCUT2D eigenvalue weighted by Gasteiger charge is 2.02. The van der Waals surface area contributed by atoms with Crippen LogP contribution in [0.3, 0.4) is 0 Å². The summed E-state index contributed by atoms with van der Waals surface area (Å²) in [5.74, 6) is 0.590. The Bertz CT molecular complexity index is 698. The van der Waals surface area contributed by atoms with Crippen molar-refractivity contribution in [3.8, 4) is 17.0 Å². The molecule has 0 aliphatic rings. The predicted octanol–water partition coefficient (Wildman–Crippen LogP) is 2.81. The quantitative estimate of drug-likeness (QED) is 0.724. The largest absolute Gasteiger partial charge is 0.569 e. The van der Waals surface area contributed by atoms with Gasteiger partial charge in [0.25, 0.3) is 0 Å². The maximum atomic E-state index is 8.56. The van der Waals surface area contributed by atoms with Gasteiger partial charge in [-0.2, -0.15) is 0 Å². The molecule has 0 aliphatic carbocycles. The minimum Gasteiger partial charge on any atom is -0.537 e. The normalized spacial score (nSPS) is 10.4. The third-order valence-corrected chi connectivity index (χ3v) is 2.94. The van der Waals surface area contributed by atoms with Crippen LogP contribution in [0.15, 0.2) is 60.7 Å². The second kappa shape index (κ2) is 5.12. The highest BCUT2D eigenvalue weighted by atomic mass is 16.5. The topological polar surface area (TPSA) is 42.4 Å². The molecule has 19 heavy (non-hydrogen) atoms. The lowest BCUT2D eigenvalue weighted by Gasteiger charge is -2.05. The van der Waals surface area contributed by atoms with Gasteiger partial charge in [-0.25, -0.2) is 4.98 Å². The van der Waals surface area contributed by atoms with Gasteiger partial charge >= 0.3 is 7.69 Å². The Morgan fingerprint density at radius 3 is 2.47 bits per heavy atom. The van der Waals surface area contributed by atoms with Crippen LogP contribution >= 0.6 is 0 Å². The van der Waals surface area contributed by atoms with Gasteiger partial charge in [0, 0.05) is 10.9 Å². The van der Waals surface area contributed by atoms with Crippen molar-refractivity contribution in [3.05, 3.63) is 60.7 Å². The van der Waals surface area contributed by atoms with E-state index in [1.165, 1.54) is 0 Å². The molecule has 0 atom stereocenters. The van der Waals surface area contributed by atoms with Gasteiger partial charge < -0.3 is 9.68 Å². The van der Waals surface area contributed by atoms with E-state index in [9.17, 15) is 0 Å². The van der Waals surface area contributed by atoms with Gasteiger partial charge in [0.05, 0.1) is 11.2 Å². The van der Waals surface area contributed by atoms with Gasteiger partial charge in [-0.15, -0.1) is 0 Å². The third kappa shape index (κ3) is 2.44. The molecule has 2 aromatic carbocycles. The number of fused-ring (bicyclic) bond motifs is 1. The fourth-order valence-electron chi connectivity index (χ4n) is 1.99. The van der Waals surface area contributed by atoms with Crippen LogP contribution in [-0.4, -0.2) is 17.7 Å². The Morgan fingerprint density at radius 2 is 1.68 bits per heavy atom. The van der Waals surface area contributed by atoms with Crippen LogP contribution < -0.4 is 4.65 Å². The number of rotatable bonds is 3. The standard InChI is InChI=1S/C15H11BNO2/c18-16-19-13-8-5-12(6-9-13)15-10-7-11-3-1-2-4-14(11)17-15/h1-10,18H. The molecule has 1 aromatic heterocycles. The molecule has 0 unspecified atom stereocenters. The first-order valence-electron chi connectivity index (χ1n) is 5.95. The Morgan fingerprint density at radius 1 is 0.895 bits per heavy atom. The van der Waals surface area contributed by atoms with Crippen LogP contribution in [0.1, 0.15) is 0 Å². The summed E-state index contributed by atoms with van der Waals surface area (Å²) in [6, 6.07) is 19.5. The minimum absolute atomic E-state index is 0.590. The first-order chi connectivity index (χ1) is 9.36. The fourth-order valence-corrected chi connectivity index (χ4v) is 1.99. The van der Waals surface area contributed by atoms with Crippen LogP contribution in [-0.2, 0) is 0 Å². The molecule has 3 rings (SSSR count). The van der Waals surface area contributed by atoms with Crippen molar-refractivity contribution >= 4 is 18.6 Å². The van der Waals surface area contributed by atoms with E-state index in [1.54, 1.807) is 12.1 Å². The summed E-state index contributed by atoms with van der Waals surface area (Å²) in [5.41, 5.74) is 2.90. The zero-order valence-corrected chi connectivity index (χ0v) is 10.2. The number of aromatic nitrogens is 1. The zero-order chi connectivity index (χ0) is 13.1. The molecule has 0 spiro atoms. The molecule has 3 aromatic rings. The highest BCUT2D eigenvalue weighted by molar-refractivity contribution is 6.17. The molecular weight excluding hydrogens is 237 g/mol. The molecule has 0 fully saturated rings. The molecule has 0 aliphatic heterocycles. The lowest BCUT2D eigenvalue weighted by molar-refractivity contribution is 0.454. The molecule has 0 bridgehead atoms. The molecule has 3 nitrogen and oxygen atoms in total. The lowest BCUT2D eigenvalue weighted by Crippen LogP contribution is -1.99. The van der Waals surface area contributed by atoms with E-state index < -0.39 is 0 Å². The van der Waals surface area contributed by atoms with Crippen molar-refractivity contribution in [2.24, 2.45) is 0 Å². The minimum atomic E-state index is 0.590. The molecule has 1 radical (unpaired) electrons. The average molecular weight is 248 g/mol. The van der Waals surface area contributed by atoms with Gasteiger partial charge in [-0.05, 0) is 36.4 Å². The SMILES string of the molecule is O[B]Oc1ccc(-c2ccc3ccccc3n2)cc1. The average Bonchev–Trinajstić information content (AvgIpc) is 2.48. The number of para-hydroxylation sites is 1. The summed E-state index contributed by atoms with van der Waals surface area (Å²) >= 11 is 0. The fraction of sp³-hybridized carbons (Fsp3) is 0. The zero-order valence-electron chi connectivity index (χ0n) is 10.2. The number of hydrogen-bond donors (Lipinski definition) is 1. The predicted molar refractivity (Wildman–Crippen MR) is 75.8 cm³/mol. The van der Waals surface area contributed by atoms with E-state index in [0.29, 0.717) is 13.4 Å². The molecule has 1 N–H and O–H groups in total. The van der Waals surface area contributed by atoms with Crippen LogP contribution in [0, 0.1) is 0 Å². The number of hydrogen-bond acceptors (Lipinski definition) is 3. The van der Waals surface area contributed by atoms with Crippen molar-refractivity contribution in [2.45, 2.75) is 0 Å². The maximum Gasteiger partial charge on any atom is 0.569 e. The number of benzene rings is 2. The summed E-state index contributed by atoms with van der Waals surface area (Å²) in [7, 11) is 0.670. The van der Waals surface area contributed by atoms with Gasteiger partial charge in [0.1, 0.15) is 5.75 Å². The Labute approximate surface area is 111 Å². The monoisotopic (exact) mass is 248 g/mol. The summed E-state index contributed by atoms with van der Waals surface area (Å²) in [4.78, 5) is 4.62. The van der Waals surface area contributed by atoms with E-state index in [4.69, 9.17) is 9.68 Å². The first-order valence-corrected chi connectivity index (χ1v) is 5.95. The maximum absolute atomic E-state index is 8.56. The summed E-state index contributed by atoms with van der Waals surface area (Å²) in [5, 5.41) is 9.69. The summed E-state index contributed by atoms with van der Waals surface area (Å²) < 4.78 is 4.88. The molecule has 0 saturated heterocycles. The van der Waals surface area contributed by atoms with Crippen molar-refractivity contribution in [1.29, 1.82) is 0 Å². The van der Waals surface area contributed by atoms with Gasteiger partial charge in [0.15, 0.2) is 0 Å². The molecular formula is C15H11BNO2. The van der Waals surface area contributed by atoms with Crippen LogP contribution in [0.25, 0.3) is 22.2 Å². The van der Waals surface area contributed by atoms with E-state index in [0.717, 1.165) is 22.2 Å². The van der Waals surface area contributed by atoms with Crippen molar-refractivity contribution in [2.75, 3.05) is 0 Å². The summed E-state index contributed by atoms with van der Waals surface area (Å²) in [6.07, 6.45) is 0. The van der Waals surface area contributed by atoms with E-state index >= 15 is 0 Å². The Kier molecular flexibility index (Phi) is 3.17. The highest BCUT2D eigenvalue weighted by Crippen LogP contribution is 2.23. The second-order valence-corrected chi connectivity index (χ2v) is 4.14. The molecule has 0 amide bonds. The Hall–Kier alpha value is -2.33. The molecule has 4 heteroatoms. The van der Waals surface area contributed by atoms with Crippen LogP contribution in [0.5, 0.6) is 5.75 Å². The van der Waals surface area contributed by atoms with Crippen LogP contribution in [0.4, 0.5) is 0 Å². The van der Waals surface area contributed by atoms with Gasteiger partial charge in [-0.1, -0.05) is 24.3 Å². The van der Waals surface area contributed by atoms with Crippen molar-refractivity contribution < 1.29 is 9.68 Å². The lowest BCUT2D eigenvalue weighted by atomic mass is 10.1. The third-order valence-electron chi connectivity index (χ3n) is 2.94. The van der Waals surface area contributed by atoms with E-state index in [-0.39, 0.29) is 0 Å². The van der Waals surface area contributed by atoms with Gasteiger partial charge in [-0.3, -0.25) is 0 Å². The summed E-state index contributed by atoms with van der Waals surface area (Å²) in [6.45, 7) is 0. The van der Waals surface area contributed by atoms with Crippen molar-refractivity contribution in [1.82, 2.24) is 4.98 Å². The smallest absolute Gasteiger partial charge is 0.537 e. The van der Waals surface area contributed by atoms with E-state index in [2.05, 4.69) is 11.1 Å². The van der Waals surface area contributed by atoms with E-state index in [1.807, 2.05) is 42.5 Å². The first kappa shape index (κ1) is 11.7.